The molecule has 142 valence electrons. The van der Waals surface area contributed by atoms with Crippen molar-refractivity contribution in [1.29, 1.82) is 0 Å². The van der Waals surface area contributed by atoms with Crippen molar-refractivity contribution in [1.82, 2.24) is 0 Å². The number of rotatable bonds is 3. The van der Waals surface area contributed by atoms with Crippen molar-refractivity contribution in [2.24, 2.45) is 17.8 Å². The SMILES string of the molecule is C=C(C)C(=O)O.C=C(C)C(=O)OC12CC3CC(CC(C3)C1)C2.CCC. The lowest BCUT2D eigenvalue weighted by Crippen LogP contribution is -2.52. The summed E-state index contributed by atoms with van der Waals surface area (Å²) in [6.07, 6.45) is 8.71. The maximum atomic E-state index is 11.7. The molecule has 4 aliphatic carbocycles. The van der Waals surface area contributed by atoms with Gasteiger partial charge in [0.2, 0.25) is 0 Å². The number of carbonyl (C=O) groups is 2. The average molecular weight is 350 g/mol. The molecule has 0 spiro atoms. The fraction of sp³-hybridized carbons (Fsp3) is 0.714. The van der Waals surface area contributed by atoms with E-state index in [2.05, 4.69) is 27.0 Å². The summed E-state index contributed by atoms with van der Waals surface area (Å²) >= 11 is 0. The first-order valence-corrected chi connectivity index (χ1v) is 9.40. The molecule has 0 saturated heterocycles. The van der Waals surface area contributed by atoms with Crippen molar-refractivity contribution in [3.63, 3.8) is 0 Å². The van der Waals surface area contributed by atoms with Crippen molar-refractivity contribution in [3.05, 3.63) is 24.3 Å². The maximum absolute atomic E-state index is 11.7. The van der Waals surface area contributed by atoms with Crippen molar-refractivity contribution >= 4 is 11.9 Å². The number of carboxylic acid groups (broad SMARTS) is 1. The molecule has 4 bridgehead atoms. The number of carbonyl (C=O) groups excluding carboxylic acids is 1. The highest BCUT2D eigenvalue weighted by atomic mass is 16.6. The van der Waals surface area contributed by atoms with Crippen LogP contribution in [0.15, 0.2) is 24.3 Å². The van der Waals surface area contributed by atoms with Gasteiger partial charge in [0.1, 0.15) is 5.60 Å². The predicted molar refractivity (Wildman–Crippen MR) is 100 cm³/mol. The van der Waals surface area contributed by atoms with E-state index < -0.39 is 5.97 Å². The second kappa shape index (κ2) is 9.21. The van der Waals surface area contributed by atoms with Gasteiger partial charge in [-0.05, 0) is 70.1 Å². The number of hydrogen-bond donors (Lipinski definition) is 1. The molecular weight excluding hydrogens is 316 g/mol. The molecule has 0 unspecified atom stereocenters. The van der Waals surface area contributed by atoms with Gasteiger partial charge < -0.3 is 9.84 Å². The van der Waals surface area contributed by atoms with Crippen LogP contribution in [-0.4, -0.2) is 22.6 Å². The highest BCUT2D eigenvalue weighted by Crippen LogP contribution is 2.57. The fourth-order valence-corrected chi connectivity index (χ4v) is 4.44. The highest BCUT2D eigenvalue weighted by molar-refractivity contribution is 5.87. The largest absolute Gasteiger partial charge is 0.478 e. The molecule has 0 aromatic rings. The molecule has 4 nitrogen and oxygen atoms in total. The monoisotopic (exact) mass is 350 g/mol. The fourth-order valence-electron chi connectivity index (χ4n) is 4.44. The van der Waals surface area contributed by atoms with Crippen molar-refractivity contribution < 1.29 is 19.4 Å². The van der Waals surface area contributed by atoms with Crippen molar-refractivity contribution in [2.75, 3.05) is 0 Å². The number of ether oxygens (including phenoxy) is 1. The average Bonchev–Trinajstić information content (AvgIpc) is 2.46. The Hall–Kier alpha value is -1.58. The number of carboxylic acids is 1. The van der Waals surface area contributed by atoms with Gasteiger partial charge in [-0.1, -0.05) is 33.4 Å². The van der Waals surface area contributed by atoms with E-state index in [0.717, 1.165) is 37.0 Å². The molecule has 4 fully saturated rings. The number of esters is 1. The van der Waals surface area contributed by atoms with Gasteiger partial charge in [-0.25, -0.2) is 9.59 Å². The summed E-state index contributed by atoms with van der Waals surface area (Å²) < 4.78 is 5.77. The smallest absolute Gasteiger partial charge is 0.333 e. The summed E-state index contributed by atoms with van der Waals surface area (Å²) in [6, 6.07) is 0. The standard InChI is InChI=1S/C14H20O2.C4H6O2.C3H8/c1-9(2)13(15)16-14-6-10-3-11(7-14)5-12(4-10)8-14;1-3(2)4(5)6;1-3-2/h10-12H,1,3-8H2,2H3;1H2,2H3,(H,5,6);3H2,1-2H3. The number of aliphatic carboxylic acids is 1. The molecule has 4 saturated carbocycles. The van der Waals surface area contributed by atoms with E-state index in [1.165, 1.54) is 32.6 Å². The molecule has 0 radical (unpaired) electrons. The van der Waals surface area contributed by atoms with Gasteiger partial charge in [0, 0.05) is 11.1 Å². The van der Waals surface area contributed by atoms with Gasteiger partial charge in [-0.3, -0.25) is 0 Å². The van der Waals surface area contributed by atoms with Gasteiger partial charge in [-0.2, -0.15) is 0 Å². The molecule has 25 heavy (non-hydrogen) atoms. The van der Waals surface area contributed by atoms with Crippen LogP contribution in [0.4, 0.5) is 0 Å². The summed E-state index contributed by atoms with van der Waals surface area (Å²) in [5, 5.41) is 7.89. The van der Waals surface area contributed by atoms with Crippen LogP contribution in [0.5, 0.6) is 0 Å². The normalized spacial score (nSPS) is 31.0. The third-order valence-electron chi connectivity index (χ3n) is 5.00. The molecule has 4 rings (SSSR count). The Morgan fingerprint density at radius 3 is 1.52 bits per heavy atom. The van der Waals surface area contributed by atoms with E-state index in [0.29, 0.717) is 5.57 Å². The lowest BCUT2D eigenvalue weighted by Gasteiger charge is -2.55. The van der Waals surface area contributed by atoms with E-state index in [-0.39, 0.29) is 17.1 Å². The molecule has 0 aromatic carbocycles. The third kappa shape index (κ3) is 6.33. The van der Waals surface area contributed by atoms with Crippen LogP contribution in [-0.2, 0) is 14.3 Å². The predicted octanol–water partition coefficient (Wildman–Crippen LogP) is 5.14. The van der Waals surface area contributed by atoms with Crippen LogP contribution in [0.25, 0.3) is 0 Å². The van der Waals surface area contributed by atoms with E-state index in [1.807, 2.05) is 0 Å². The zero-order chi connectivity index (χ0) is 19.2. The Morgan fingerprint density at radius 1 is 0.960 bits per heavy atom. The molecule has 0 amide bonds. The van der Waals surface area contributed by atoms with E-state index in [1.54, 1.807) is 6.92 Å². The molecule has 0 aromatic heterocycles. The molecule has 4 aliphatic rings. The second-order valence-corrected chi connectivity index (χ2v) is 8.06. The molecule has 0 heterocycles. The topological polar surface area (TPSA) is 63.6 Å². The van der Waals surface area contributed by atoms with Gasteiger partial charge in [-0.15, -0.1) is 0 Å². The van der Waals surface area contributed by atoms with E-state index >= 15 is 0 Å². The summed E-state index contributed by atoms with van der Waals surface area (Å²) in [5.74, 6) is 1.36. The van der Waals surface area contributed by atoms with Gasteiger partial charge in [0.25, 0.3) is 0 Å². The van der Waals surface area contributed by atoms with Crippen LogP contribution in [0.2, 0.25) is 0 Å². The van der Waals surface area contributed by atoms with Gasteiger partial charge >= 0.3 is 11.9 Å². The summed E-state index contributed by atoms with van der Waals surface area (Å²) in [6.45, 7) is 14.3. The molecule has 1 N–H and O–H groups in total. The van der Waals surface area contributed by atoms with Gasteiger partial charge in [0.15, 0.2) is 0 Å². The quantitative estimate of drug-likeness (QED) is 0.565. The number of hydrogen-bond acceptors (Lipinski definition) is 3. The molecule has 0 aliphatic heterocycles. The Bertz CT molecular complexity index is 471. The maximum Gasteiger partial charge on any atom is 0.333 e. The van der Waals surface area contributed by atoms with Crippen LogP contribution >= 0.6 is 0 Å². The van der Waals surface area contributed by atoms with Crippen LogP contribution in [0.3, 0.4) is 0 Å². The zero-order valence-corrected chi connectivity index (χ0v) is 16.3. The minimum Gasteiger partial charge on any atom is -0.478 e. The summed E-state index contributed by atoms with van der Waals surface area (Å²) in [5.41, 5.74) is 0.607. The highest BCUT2D eigenvalue weighted by Gasteiger charge is 2.53. The second-order valence-electron chi connectivity index (χ2n) is 8.06. The Balaban J connectivity index is 0.000000294. The lowest BCUT2D eigenvalue weighted by molar-refractivity contribution is -0.182. The minimum atomic E-state index is -0.935. The summed E-state index contributed by atoms with van der Waals surface area (Å²) in [4.78, 5) is 21.3. The Labute approximate surface area is 152 Å². The first-order chi connectivity index (χ1) is 11.6. The van der Waals surface area contributed by atoms with Crippen LogP contribution in [0, 0.1) is 17.8 Å². The Kier molecular flexibility index (Phi) is 7.91. The molecule has 0 atom stereocenters. The zero-order valence-electron chi connectivity index (χ0n) is 16.3. The van der Waals surface area contributed by atoms with Gasteiger partial charge in [0.05, 0.1) is 0 Å². The van der Waals surface area contributed by atoms with Crippen LogP contribution < -0.4 is 0 Å². The molecular formula is C21H34O4. The van der Waals surface area contributed by atoms with E-state index in [4.69, 9.17) is 9.84 Å². The third-order valence-corrected chi connectivity index (χ3v) is 5.00. The minimum absolute atomic E-state index is 0.106. The first kappa shape index (κ1) is 21.5. The summed E-state index contributed by atoms with van der Waals surface area (Å²) in [7, 11) is 0. The van der Waals surface area contributed by atoms with Crippen molar-refractivity contribution in [2.45, 2.75) is 78.2 Å². The van der Waals surface area contributed by atoms with E-state index in [9.17, 15) is 9.59 Å². The van der Waals surface area contributed by atoms with Crippen molar-refractivity contribution in [3.8, 4) is 0 Å². The Morgan fingerprint density at radius 2 is 1.28 bits per heavy atom. The lowest BCUT2D eigenvalue weighted by atomic mass is 9.54. The van der Waals surface area contributed by atoms with Crippen LogP contribution in [0.1, 0.15) is 72.6 Å². The first-order valence-electron chi connectivity index (χ1n) is 9.40. The molecule has 4 heteroatoms.